The first kappa shape index (κ1) is 21.4. The number of rotatable bonds is 8. The van der Waals surface area contributed by atoms with Crippen LogP contribution in [0.2, 0.25) is 0 Å². The van der Waals surface area contributed by atoms with Crippen molar-refractivity contribution in [2.24, 2.45) is 0 Å². The first-order valence-electron chi connectivity index (χ1n) is 9.33. The van der Waals surface area contributed by atoms with Crippen molar-refractivity contribution >= 4 is 11.8 Å². The normalized spacial score (nSPS) is 11.6. The molecule has 0 radical (unpaired) electrons. The van der Waals surface area contributed by atoms with E-state index in [0.717, 1.165) is 16.7 Å². The van der Waals surface area contributed by atoms with Crippen LogP contribution in [0.4, 0.5) is 4.39 Å². The number of hydrogen-bond donors (Lipinski definition) is 1. The van der Waals surface area contributed by atoms with Crippen LogP contribution in [0, 0.1) is 19.7 Å². The lowest BCUT2D eigenvalue weighted by Crippen LogP contribution is -2.49. The van der Waals surface area contributed by atoms with Gasteiger partial charge in [-0.2, -0.15) is 0 Å². The molecule has 0 heterocycles. The molecule has 0 bridgehead atoms. The second-order valence-electron chi connectivity index (χ2n) is 6.83. The minimum absolute atomic E-state index is 0.187. The van der Waals surface area contributed by atoms with E-state index in [1.807, 2.05) is 39.0 Å². The molecule has 6 heteroatoms. The van der Waals surface area contributed by atoms with E-state index >= 15 is 0 Å². The van der Waals surface area contributed by atoms with Crippen LogP contribution in [-0.2, 0) is 16.1 Å². The van der Waals surface area contributed by atoms with Gasteiger partial charge in [-0.15, -0.1) is 0 Å². The number of amides is 2. The molecule has 2 aromatic carbocycles. The minimum atomic E-state index is -0.680. The number of carbonyl (C=O) groups is 2. The summed E-state index contributed by atoms with van der Waals surface area (Å²) in [7, 11) is 0. The number of hydrogen-bond acceptors (Lipinski definition) is 3. The van der Waals surface area contributed by atoms with Gasteiger partial charge in [0.15, 0.2) is 6.61 Å². The third kappa shape index (κ3) is 6.08. The van der Waals surface area contributed by atoms with Crippen LogP contribution in [0.5, 0.6) is 5.75 Å². The lowest BCUT2D eigenvalue weighted by molar-refractivity contribution is -0.142. The first-order chi connectivity index (χ1) is 13.3. The Morgan fingerprint density at radius 1 is 1.11 bits per heavy atom. The zero-order chi connectivity index (χ0) is 20.7. The van der Waals surface area contributed by atoms with E-state index in [1.165, 1.54) is 17.0 Å². The van der Waals surface area contributed by atoms with Gasteiger partial charge in [-0.3, -0.25) is 9.59 Å². The van der Waals surface area contributed by atoms with Crippen LogP contribution >= 0.6 is 0 Å². The molecular formula is C22H27FN2O3. The van der Waals surface area contributed by atoms with Gasteiger partial charge in [0.1, 0.15) is 17.6 Å². The van der Waals surface area contributed by atoms with Gasteiger partial charge in [-0.25, -0.2) is 4.39 Å². The molecular weight excluding hydrogens is 359 g/mol. The number of benzene rings is 2. The number of ether oxygens (including phenoxy) is 1. The molecule has 2 rings (SSSR count). The average molecular weight is 386 g/mol. The van der Waals surface area contributed by atoms with E-state index in [2.05, 4.69) is 5.32 Å². The summed E-state index contributed by atoms with van der Waals surface area (Å²) >= 11 is 0. The number of nitrogens with one attached hydrogen (secondary N) is 1. The van der Waals surface area contributed by atoms with Crippen LogP contribution in [0.25, 0.3) is 0 Å². The van der Waals surface area contributed by atoms with Crippen molar-refractivity contribution in [3.8, 4) is 5.75 Å². The summed E-state index contributed by atoms with van der Waals surface area (Å²) in [6.07, 6.45) is 0. The maximum absolute atomic E-state index is 13.2. The monoisotopic (exact) mass is 386 g/mol. The molecule has 0 aliphatic heterocycles. The minimum Gasteiger partial charge on any atom is -0.484 e. The van der Waals surface area contributed by atoms with Crippen LogP contribution in [0.1, 0.15) is 30.5 Å². The van der Waals surface area contributed by atoms with Crippen molar-refractivity contribution in [1.82, 2.24) is 10.2 Å². The summed E-state index contributed by atoms with van der Waals surface area (Å²) in [6.45, 7) is 7.88. The predicted octanol–water partition coefficient (Wildman–Crippen LogP) is 3.37. The Bertz CT molecular complexity index is 801. The van der Waals surface area contributed by atoms with Gasteiger partial charge in [0.25, 0.3) is 5.91 Å². The van der Waals surface area contributed by atoms with E-state index in [9.17, 15) is 14.0 Å². The Morgan fingerprint density at radius 3 is 2.29 bits per heavy atom. The van der Waals surface area contributed by atoms with Gasteiger partial charge in [-0.05, 0) is 68.7 Å². The largest absolute Gasteiger partial charge is 0.484 e. The fourth-order valence-electron chi connectivity index (χ4n) is 2.94. The third-order valence-electron chi connectivity index (χ3n) is 4.34. The molecule has 0 fully saturated rings. The van der Waals surface area contributed by atoms with Crippen LogP contribution in [-0.4, -0.2) is 35.9 Å². The van der Waals surface area contributed by atoms with Crippen molar-refractivity contribution in [2.45, 2.75) is 40.3 Å². The highest BCUT2D eigenvalue weighted by atomic mass is 19.1. The fourth-order valence-corrected chi connectivity index (χ4v) is 2.94. The predicted molar refractivity (Wildman–Crippen MR) is 107 cm³/mol. The summed E-state index contributed by atoms with van der Waals surface area (Å²) < 4.78 is 18.9. The summed E-state index contributed by atoms with van der Waals surface area (Å²) in [5.74, 6) is -0.304. The first-order valence-corrected chi connectivity index (χ1v) is 9.33. The summed E-state index contributed by atoms with van der Waals surface area (Å²) in [5, 5.41) is 2.73. The van der Waals surface area contributed by atoms with Crippen molar-refractivity contribution in [3.05, 3.63) is 65.0 Å². The highest BCUT2D eigenvalue weighted by Gasteiger charge is 2.26. The Balaban J connectivity index is 2.14. The van der Waals surface area contributed by atoms with Crippen molar-refractivity contribution in [3.63, 3.8) is 0 Å². The second kappa shape index (κ2) is 9.88. The van der Waals surface area contributed by atoms with Gasteiger partial charge in [0.05, 0.1) is 0 Å². The lowest BCUT2D eigenvalue weighted by atomic mass is 10.1. The maximum atomic E-state index is 13.2. The SMILES string of the molecule is CCNC(=O)[C@H](C)N(Cc1ccc(F)cc1)C(=O)COc1cc(C)cc(C)c1. The number of carbonyl (C=O) groups excluding carboxylic acids is 2. The lowest BCUT2D eigenvalue weighted by Gasteiger charge is -2.28. The zero-order valence-electron chi connectivity index (χ0n) is 16.8. The van der Waals surface area contributed by atoms with E-state index in [1.54, 1.807) is 19.1 Å². The molecule has 2 aromatic rings. The maximum Gasteiger partial charge on any atom is 0.261 e. The summed E-state index contributed by atoms with van der Waals surface area (Å²) in [6, 6.07) is 10.9. The van der Waals surface area contributed by atoms with E-state index in [4.69, 9.17) is 4.74 Å². The number of nitrogens with zero attached hydrogens (tertiary/aromatic N) is 1. The molecule has 5 nitrogen and oxygen atoms in total. The molecule has 28 heavy (non-hydrogen) atoms. The van der Waals surface area contributed by atoms with Gasteiger partial charge >= 0.3 is 0 Å². The van der Waals surface area contributed by atoms with E-state index in [-0.39, 0.29) is 30.8 Å². The molecule has 0 aliphatic carbocycles. The number of likely N-dealkylation sites (N-methyl/N-ethyl adjacent to an activating group) is 1. The highest BCUT2D eigenvalue weighted by molar-refractivity contribution is 5.87. The Hall–Kier alpha value is -2.89. The molecule has 0 aromatic heterocycles. The molecule has 0 aliphatic rings. The summed E-state index contributed by atoms with van der Waals surface area (Å²) in [4.78, 5) is 26.6. The standard InChI is InChI=1S/C22H27FN2O3/c1-5-24-22(27)17(4)25(13-18-6-8-19(23)9-7-18)21(26)14-28-20-11-15(2)10-16(3)12-20/h6-12,17H,5,13-14H2,1-4H3,(H,24,27)/t17-/m0/s1. The molecule has 1 atom stereocenters. The number of halogens is 1. The molecule has 1 N–H and O–H groups in total. The van der Waals surface area contributed by atoms with Gasteiger partial charge < -0.3 is 15.0 Å². The van der Waals surface area contributed by atoms with Crippen LogP contribution in [0.3, 0.4) is 0 Å². The average Bonchev–Trinajstić information content (AvgIpc) is 2.64. The highest BCUT2D eigenvalue weighted by Crippen LogP contribution is 2.17. The van der Waals surface area contributed by atoms with Crippen LogP contribution < -0.4 is 10.1 Å². The molecule has 2 amide bonds. The quantitative estimate of drug-likeness (QED) is 0.757. The van der Waals surface area contributed by atoms with Gasteiger partial charge in [-0.1, -0.05) is 18.2 Å². The van der Waals surface area contributed by atoms with Crippen molar-refractivity contribution < 1.29 is 18.7 Å². The Kier molecular flexibility index (Phi) is 7.55. The Morgan fingerprint density at radius 2 is 1.71 bits per heavy atom. The smallest absolute Gasteiger partial charge is 0.261 e. The fraction of sp³-hybridized carbons (Fsp3) is 0.364. The number of aryl methyl sites for hydroxylation is 2. The van der Waals surface area contributed by atoms with Crippen molar-refractivity contribution in [1.29, 1.82) is 0 Å². The third-order valence-corrected chi connectivity index (χ3v) is 4.34. The van der Waals surface area contributed by atoms with Gasteiger partial charge in [0, 0.05) is 13.1 Å². The summed E-state index contributed by atoms with van der Waals surface area (Å²) in [5.41, 5.74) is 2.82. The molecule has 0 saturated heterocycles. The molecule has 0 unspecified atom stereocenters. The molecule has 150 valence electrons. The van der Waals surface area contributed by atoms with Crippen LogP contribution in [0.15, 0.2) is 42.5 Å². The molecule has 0 saturated carbocycles. The zero-order valence-corrected chi connectivity index (χ0v) is 16.8. The van der Waals surface area contributed by atoms with E-state index in [0.29, 0.717) is 12.3 Å². The second-order valence-corrected chi connectivity index (χ2v) is 6.83. The Labute approximate surface area is 165 Å². The van der Waals surface area contributed by atoms with Gasteiger partial charge in [0.2, 0.25) is 5.91 Å². The molecule has 0 spiro atoms. The van der Waals surface area contributed by atoms with Crippen molar-refractivity contribution in [2.75, 3.05) is 13.2 Å². The topological polar surface area (TPSA) is 58.6 Å². The van der Waals surface area contributed by atoms with E-state index < -0.39 is 6.04 Å².